The van der Waals surface area contributed by atoms with Crippen LogP contribution in [0.4, 0.5) is 0 Å². The van der Waals surface area contributed by atoms with E-state index in [2.05, 4.69) is 26.6 Å². The molecule has 2 aromatic rings. The van der Waals surface area contributed by atoms with Crippen LogP contribution in [0.1, 0.15) is 18.1 Å². The van der Waals surface area contributed by atoms with E-state index in [9.17, 15) is 5.11 Å². The summed E-state index contributed by atoms with van der Waals surface area (Å²) in [6, 6.07) is 9.76. The molecule has 0 bridgehead atoms. The van der Waals surface area contributed by atoms with Gasteiger partial charge in [0.05, 0.1) is 17.7 Å². The molecule has 0 aromatic heterocycles. The summed E-state index contributed by atoms with van der Waals surface area (Å²) in [6.07, 6.45) is -0.333. The standard InChI is InChI=1S/C21H27BrN2O5/c1-14(25)10-23-5-6-24-11-16-7-17(22)21(20(9-16)26-2)27-12-15-3-4-18-19(8-15)29-13-28-18/h3-4,7-9,14,23-25H,5-6,10-13H2,1-2H3. The number of benzene rings is 2. The van der Waals surface area contributed by atoms with E-state index in [-0.39, 0.29) is 12.9 Å². The molecule has 0 fully saturated rings. The first kappa shape index (κ1) is 21.7. The zero-order chi connectivity index (χ0) is 20.6. The average Bonchev–Trinajstić information content (AvgIpc) is 3.17. The van der Waals surface area contributed by atoms with Crippen molar-refractivity contribution in [3.63, 3.8) is 0 Å². The lowest BCUT2D eigenvalue weighted by atomic mass is 10.2. The van der Waals surface area contributed by atoms with Crippen molar-refractivity contribution in [2.24, 2.45) is 0 Å². The number of hydrogen-bond acceptors (Lipinski definition) is 7. The van der Waals surface area contributed by atoms with Gasteiger partial charge in [-0.2, -0.15) is 0 Å². The van der Waals surface area contributed by atoms with Crippen LogP contribution < -0.4 is 29.6 Å². The highest BCUT2D eigenvalue weighted by molar-refractivity contribution is 9.10. The van der Waals surface area contributed by atoms with Crippen LogP contribution >= 0.6 is 15.9 Å². The van der Waals surface area contributed by atoms with Gasteiger partial charge in [-0.1, -0.05) is 6.07 Å². The maximum Gasteiger partial charge on any atom is 0.231 e. The number of aliphatic hydroxyl groups excluding tert-OH is 1. The predicted octanol–water partition coefficient (Wildman–Crippen LogP) is 2.83. The molecule has 3 rings (SSSR count). The van der Waals surface area contributed by atoms with Crippen molar-refractivity contribution in [1.29, 1.82) is 0 Å². The fourth-order valence-electron chi connectivity index (χ4n) is 2.92. The third-order valence-corrected chi connectivity index (χ3v) is 4.95. The van der Waals surface area contributed by atoms with Gasteiger partial charge in [0, 0.05) is 26.2 Å². The number of nitrogens with one attached hydrogen (secondary N) is 2. The second-order valence-electron chi connectivity index (χ2n) is 6.82. The molecular weight excluding hydrogens is 440 g/mol. The van der Waals surface area contributed by atoms with Gasteiger partial charge in [0.2, 0.25) is 6.79 Å². The Balaban J connectivity index is 1.55. The van der Waals surface area contributed by atoms with Crippen molar-refractivity contribution >= 4 is 15.9 Å². The van der Waals surface area contributed by atoms with E-state index in [1.54, 1.807) is 14.0 Å². The number of halogens is 1. The molecule has 0 spiro atoms. The molecule has 0 amide bonds. The summed E-state index contributed by atoms with van der Waals surface area (Å²) in [4.78, 5) is 0. The van der Waals surface area contributed by atoms with E-state index in [0.29, 0.717) is 31.2 Å². The van der Waals surface area contributed by atoms with Crippen molar-refractivity contribution in [1.82, 2.24) is 10.6 Å². The first-order valence-electron chi connectivity index (χ1n) is 9.54. The summed E-state index contributed by atoms with van der Waals surface area (Å²) in [5, 5.41) is 15.8. The van der Waals surface area contributed by atoms with Gasteiger partial charge >= 0.3 is 0 Å². The molecule has 2 aromatic carbocycles. The minimum absolute atomic E-state index is 0.255. The van der Waals surface area contributed by atoms with Crippen LogP contribution in [0.3, 0.4) is 0 Å². The normalized spacial score (nSPS) is 13.4. The Labute approximate surface area is 179 Å². The number of fused-ring (bicyclic) bond motifs is 1. The quantitative estimate of drug-likeness (QED) is 0.439. The lowest BCUT2D eigenvalue weighted by Gasteiger charge is -2.15. The zero-order valence-corrected chi connectivity index (χ0v) is 18.3. The number of methoxy groups -OCH3 is 1. The smallest absolute Gasteiger partial charge is 0.231 e. The predicted molar refractivity (Wildman–Crippen MR) is 114 cm³/mol. The Morgan fingerprint density at radius 3 is 2.69 bits per heavy atom. The fourth-order valence-corrected chi connectivity index (χ4v) is 3.53. The van der Waals surface area contributed by atoms with Gasteiger partial charge in [-0.25, -0.2) is 0 Å². The third-order valence-electron chi connectivity index (χ3n) is 4.36. The second kappa shape index (κ2) is 10.7. The monoisotopic (exact) mass is 466 g/mol. The topological polar surface area (TPSA) is 81.2 Å². The van der Waals surface area contributed by atoms with Crippen molar-refractivity contribution in [3.8, 4) is 23.0 Å². The van der Waals surface area contributed by atoms with Gasteiger partial charge in [-0.3, -0.25) is 0 Å². The molecule has 3 N–H and O–H groups in total. The van der Waals surface area contributed by atoms with Gasteiger partial charge in [0.25, 0.3) is 0 Å². The van der Waals surface area contributed by atoms with Crippen LogP contribution in [-0.4, -0.2) is 44.7 Å². The number of hydrogen-bond donors (Lipinski definition) is 3. The highest BCUT2D eigenvalue weighted by atomic mass is 79.9. The van der Waals surface area contributed by atoms with Crippen molar-refractivity contribution in [3.05, 3.63) is 45.9 Å². The molecular formula is C21H27BrN2O5. The summed E-state index contributed by atoms with van der Waals surface area (Å²) in [7, 11) is 1.63. The molecule has 0 aliphatic carbocycles. The van der Waals surface area contributed by atoms with Crippen molar-refractivity contribution in [2.75, 3.05) is 33.5 Å². The number of rotatable bonds is 11. The Hall–Kier alpha value is -2.00. The Morgan fingerprint density at radius 2 is 1.90 bits per heavy atom. The first-order chi connectivity index (χ1) is 14.1. The summed E-state index contributed by atoms with van der Waals surface area (Å²) in [5.74, 6) is 2.82. The minimum Gasteiger partial charge on any atom is -0.493 e. The molecule has 1 atom stereocenters. The highest BCUT2D eigenvalue weighted by Gasteiger charge is 2.15. The molecule has 158 valence electrons. The summed E-state index contributed by atoms with van der Waals surface area (Å²) < 4.78 is 23.1. The number of aliphatic hydroxyl groups is 1. The maximum absolute atomic E-state index is 9.23. The Bertz CT molecular complexity index is 816. The van der Waals surface area contributed by atoms with Crippen LogP contribution in [0.2, 0.25) is 0 Å². The van der Waals surface area contributed by atoms with E-state index < -0.39 is 0 Å². The van der Waals surface area contributed by atoms with Gasteiger partial charge in [-0.15, -0.1) is 0 Å². The number of ether oxygens (including phenoxy) is 4. The Kier molecular flexibility index (Phi) is 8.00. The SMILES string of the molecule is COc1cc(CNCCNCC(C)O)cc(Br)c1OCc1ccc2c(c1)OCO2. The lowest BCUT2D eigenvalue weighted by molar-refractivity contribution is 0.174. The van der Waals surface area contributed by atoms with Gasteiger partial charge in [-0.05, 0) is 58.2 Å². The molecule has 7 nitrogen and oxygen atoms in total. The van der Waals surface area contributed by atoms with Crippen molar-refractivity contribution in [2.45, 2.75) is 26.2 Å². The molecule has 1 aliphatic heterocycles. The molecule has 0 saturated heterocycles. The van der Waals surface area contributed by atoms with Crippen LogP contribution in [0.15, 0.2) is 34.8 Å². The van der Waals surface area contributed by atoms with Gasteiger partial charge in [0.15, 0.2) is 23.0 Å². The summed E-state index contributed by atoms with van der Waals surface area (Å²) >= 11 is 3.59. The first-order valence-corrected chi connectivity index (χ1v) is 10.3. The summed E-state index contributed by atoms with van der Waals surface area (Å²) in [5.41, 5.74) is 2.07. The lowest BCUT2D eigenvalue weighted by Crippen LogP contribution is -2.31. The van der Waals surface area contributed by atoms with Crippen LogP contribution in [0, 0.1) is 0 Å². The fraction of sp³-hybridized carbons (Fsp3) is 0.429. The zero-order valence-electron chi connectivity index (χ0n) is 16.7. The third kappa shape index (κ3) is 6.24. The van der Waals surface area contributed by atoms with Crippen LogP contribution in [-0.2, 0) is 13.2 Å². The van der Waals surface area contributed by atoms with Crippen LogP contribution in [0.5, 0.6) is 23.0 Å². The largest absolute Gasteiger partial charge is 0.493 e. The maximum atomic E-state index is 9.23. The molecule has 1 unspecified atom stereocenters. The van der Waals surface area contributed by atoms with E-state index >= 15 is 0 Å². The van der Waals surface area contributed by atoms with E-state index in [0.717, 1.165) is 40.2 Å². The van der Waals surface area contributed by atoms with Crippen LogP contribution in [0.25, 0.3) is 0 Å². The molecule has 0 saturated carbocycles. The molecule has 1 heterocycles. The van der Waals surface area contributed by atoms with Gasteiger partial charge in [0.1, 0.15) is 6.61 Å². The summed E-state index contributed by atoms with van der Waals surface area (Å²) in [6.45, 7) is 5.29. The van der Waals surface area contributed by atoms with Gasteiger partial charge < -0.3 is 34.7 Å². The minimum atomic E-state index is -0.333. The van der Waals surface area contributed by atoms with Crippen molar-refractivity contribution < 1.29 is 24.1 Å². The Morgan fingerprint density at radius 1 is 1.10 bits per heavy atom. The molecule has 1 aliphatic rings. The molecule has 8 heteroatoms. The second-order valence-corrected chi connectivity index (χ2v) is 7.67. The molecule has 29 heavy (non-hydrogen) atoms. The van der Waals surface area contributed by atoms with E-state index in [1.807, 2.05) is 30.3 Å². The van der Waals surface area contributed by atoms with E-state index in [4.69, 9.17) is 18.9 Å². The molecule has 0 radical (unpaired) electrons. The van der Waals surface area contributed by atoms with E-state index in [1.165, 1.54) is 0 Å². The highest BCUT2D eigenvalue weighted by Crippen LogP contribution is 2.38. The average molecular weight is 467 g/mol.